The van der Waals surface area contributed by atoms with Crippen molar-refractivity contribution in [3.8, 4) is 11.1 Å². The number of nitrogens with zero attached hydrogens (tertiary/aromatic N) is 4. The van der Waals surface area contributed by atoms with Crippen LogP contribution in [0.1, 0.15) is 33.6 Å². The predicted molar refractivity (Wildman–Crippen MR) is 116 cm³/mol. The predicted octanol–water partition coefficient (Wildman–Crippen LogP) is 2.26. The van der Waals surface area contributed by atoms with Gasteiger partial charge < -0.3 is 20.9 Å². The van der Waals surface area contributed by atoms with Gasteiger partial charge in [0.05, 0.1) is 17.1 Å². The molecule has 0 unspecified atom stereocenters. The lowest BCUT2D eigenvalue weighted by Crippen LogP contribution is -2.33. The molecule has 2 heterocycles. The van der Waals surface area contributed by atoms with E-state index >= 15 is 0 Å². The van der Waals surface area contributed by atoms with Crippen LogP contribution in [-0.4, -0.2) is 39.9 Å². The number of rotatable bonds is 6. The second-order valence-electron chi connectivity index (χ2n) is 8.48. The number of hydrogen-bond donors (Lipinski definition) is 2. The van der Waals surface area contributed by atoms with Gasteiger partial charge in [0.2, 0.25) is 5.95 Å². The molecule has 1 aliphatic carbocycles. The Labute approximate surface area is 179 Å². The van der Waals surface area contributed by atoms with E-state index in [1.165, 1.54) is 12.3 Å². The largest absolute Gasteiger partial charge is 0.383 e. The second-order valence-corrected chi connectivity index (χ2v) is 10.2. The molecule has 3 aromatic rings. The molecular formula is C20H24N6O4S. The summed E-state index contributed by atoms with van der Waals surface area (Å²) in [6.45, 7) is 6.15. The highest BCUT2D eigenvalue weighted by atomic mass is 32.2. The number of carbonyl (C=O) groups is 1. The van der Waals surface area contributed by atoms with E-state index in [0.717, 1.165) is 16.6 Å². The van der Waals surface area contributed by atoms with E-state index in [1.54, 1.807) is 0 Å². The third-order valence-electron chi connectivity index (χ3n) is 5.07. The van der Waals surface area contributed by atoms with Crippen molar-refractivity contribution in [3.63, 3.8) is 0 Å². The zero-order valence-electron chi connectivity index (χ0n) is 17.4. The molecule has 4 N–H and O–H groups in total. The molecule has 0 radical (unpaired) electrons. The van der Waals surface area contributed by atoms with Crippen molar-refractivity contribution in [2.24, 2.45) is 0 Å². The molecule has 4 rings (SSSR count). The van der Waals surface area contributed by atoms with Crippen molar-refractivity contribution in [2.75, 3.05) is 11.5 Å². The Bertz CT molecular complexity index is 1270. The molecule has 0 bridgehead atoms. The number of pyridine rings is 1. The molecule has 10 nitrogen and oxygen atoms in total. The van der Waals surface area contributed by atoms with Gasteiger partial charge in [-0.1, -0.05) is 6.07 Å². The number of carbonyl (C=O) groups excluding carboxylic acids is 1. The average molecular weight is 445 g/mol. The summed E-state index contributed by atoms with van der Waals surface area (Å²) in [5.41, 5.74) is 14.5. The molecule has 0 spiro atoms. The Morgan fingerprint density at radius 3 is 2.52 bits per heavy atom. The summed E-state index contributed by atoms with van der Waals surface area (Å²) in [6.07, 6.45) is 2.71. The fourth-order valence-corrected chi connectivity index (χ4v) is 5.10. The molecule has 0 saturated heterocycles. The quantitative estimate of drug-likeness (QED) is 0.435. The van der Waals surface area contributed by atoms with Gasteiger partial charge in [0.25, 0.3) is 10.0 Å². The molecule has 1 aliphatic rings. The van der Waals surface area contributed by atoms with Crippen LogP contribution < -0.4 is 11.5 Å². The van der Waals surface area contributed by atoms with Crippen LogP contribution in [0.15, 0.2) is 35.4 Å². The normalized spacial score (nSPS) is 14.8. The first kappa shape index (κ1) is 21.1. The summed E-state index contributed by atoms with van der Waals surface area (Å²) in [4.78, 5) is 23.9. The third kappa shape index (κ3) is 3.70. The summed E-state index contributed by atoms with van der Waals surface area (Å²) >= 11 is 0. The van der Waals surface area contributed by atoms with Gasteiger partial charge in [-0.3, -0.25) is 4.79 Å². The van der Waals surface area contributed by atoms with Gasteiger partial charge in [0.1, 0.15) is 10.7 Å². The molecule has 1 aromatic carbocycles. The Morgan fingerprint density at radius 2 is 1.90 bits per heavy atom. The van der Waals surface area contributed by atoms with Crippen molar-refractivity contribution < 1.29 is 18.0 Å². The van der Waals surface area contributed by atoms with E-state index < -0.39 is 16.1 Å². The number of aromatic nitrogens is 3. The van der Waals surface area contributed by atoms with Gasteiger partial charge >= 0.3 is 6.47 Å². The molecule has 11 heteroatoms. The van der Waals surface area contributed by atoms with Gasteiger partial charge in [0.15, 0.2) is 0 Å². The van der Waals surface area contributed by atoms with Crippen LogP contribution in [0.5, 0.6) is 0 Å². The summed E-state index contributed by atoms with van der Waals surface area (Å²) < 4.78 is 28.8. The summed E-state index contributed by atoms with van der Waals surface area (Å²) in [6, 6.07) is 6.56. The lowest BCUT2D eigenvalue weighted by molar-refractivity contribution is -0.153. The Kier molecular flexibility index (Phi) is 4.90. The van der Waals surface area contributed by atoms with E-state index in [0.29, 0.717) is 28.8 Å². The van der Waals surface area contributed by atoms with Gasteiger partial charge in [-0.25, -0.2) is 18.4 Å². The zero-order valence-corrected chi connectivity index (χ0v) is 18.3. The number of anilines is 2. The Balaban J connectivity index is 1.83. The van der Waals surface area contributed by atoms with E-state index in [2.05, 4.69) is 9.97 Å². The summed E-state index contributed by atoms with van der Waals surface area (Å²) in [7, 11) is -4.18. The molecule has 0 atom stereocenters. The van der Waals surface area contributed by atoms with E-state index in [4.69, 9.17) is 16.3 Å². The van der Waals surface area contributed by atoms with Crippen LogP contribution in [0, 0.1) is 0 Å². The van der Waals surface area contributed by atoms with Gasteiger partial charge in [-0.2, -0.15) is 0 Å². The van der Waals surface area contributed by atoms with Gasteiger partial charge in [0, 0.05) is 17.3 Å². The number of fused-ring (bicyclic) bond motifs is 1. The van der Waals surface area contributed by atoms with Gasteiger partial charge in [-0.15, -0.1) is 0 Å². The maximum absolute atomic E-state index is 13.1. The molecule has 164 valence electrons. The monoisotopic (exact) mass is 444 g/mol. The molecule has 31 heavy (non-hydrogen) atoms. The maximum atomic E-state index is 13.1. The van der Waals surface area contributed by atoms with Crippen molar-refractivity contribution in [1.82, 2.24) is 19.0 Å². The first-order valence-corrected chi connectivity index (χ1v) is 11.2. The maximum Gasteiger partial charge on any atom is 0.314 e. The van der Waals surface area contributed by atoms with Crippen LogP contribution >= 0.6 is 0 Å². The number of sulfonamides is 1. The Morgan fingerprint density at radius 1 is 1.19 bits per heavy atom. The lowest BCUT2D eigenvalue weighted by atomic mass is 10.1. The fraction of sp³-hybridized carbons (Fsp3) is 0.350. The van der Waals surface area contributed by atoms with Crippen molar-refractivity contribution in [1.29, 1.82) is 0 Å². The number of hydroxylamine groups is 1. The fourth-order valence-electron chi connectivity index (χ4n) is 3.56. The number of nitrogen functional groups attached to an aromatic ring is 2. The molecule has 1 saturated carbocycles. The minimum absolute atomic E-state index is 0.0926. The molecule has 0 aliphatic heterocycles. The lowest BCUT2D eigenvalue weighted by Gasteiger charge is -2.23. The minimum atomic E-state index is -4.18. The third-order valence-corrected chi connectivity index (χ3v) is 6.81. The van der Waals surface area contributed by atoms with Crippen molar-refractivity contribution >= 4 is 39.3 Å². The highest BCUT2D eigenvalue weighted by Gasteiger charge is 2.41. The molecule has 0 amide bonds. The minimum Gasteiger partial charge on any atom is -0.383 e. The van der Waals surface area contributed by atoms with Crippen LogP contribution in [0.2, 0.25) is 0 Å². The Hall–Kier alpha value is -3.18. The first-order chi connectivity index (χ1) is 14.5. The van der Waals surface area contributed by atoms with Crippen molar-refractivity contribution in [3.05, 3.63) is 30.5 Å². The highest BCUT2D eigenvalue weighted by Crippen LogP contribution is 2.35. The van der Waals surface area contributed by atoms with Crippen LogP contribution in [-0.2, 0) is 25.2 Å². The molecule has 2 aromatic heterocycles. The number of benzene rings is 1. The molecule has 1 fully saturated rings. The number of hydrogen-bond acceptors (Lipinski definition) is 8. The average Bonchev–Trinajstić information content (AvgIpc) is 3.45. The standard InChI is InChI=1S/C20H24N6O4S/c1-20(2,3)25-16-8-12(4-7-15(16)24-19(25)22)13-9-17(18(21)23-10-13)31(28,29)26(30-11-27)14-5-6-14/h4,7-11,14H,5-6H2,1-3H3,(H2,21,23)(H2,22,24). The van der Waals surface area contributed by atoms with Gasteiger partial charge in [-0.05, 0) is 61.8 Å². The van der Waals surface area contributed by atoms with E-state index in [9.17, 15) is 13.2 Å². The summed E-state index contributed by atoms with van der Waals surface area (Å²) in [5.74, 6) is 0.221. The molecular weight excluding hydrogens is 420 g/mol. The van der Waals surface area contributed by atoms with Crippen molar-refractivity contribution in [2.45, 2.75) is 50.1 Å². The smallest absolute Gasteiger partial charge is 0.314 e. The summed E-state index contributed by atoms with van der Waals surface area (Å²) in [5, 5.41) is 0. The van der Waals surface area contributed by atoms with E-state index in [-0.39, 0.29) is 22.7 Å². The van der Waals surface area contributed by atoms with Crippen LogP contribution in [0.25, 0.3) is 22.2 Å². The number of imidazole rings is 1. The highest BCUT2D eigenvalue weighted by molar-refractivity contribution is 7.89. The number of nitrogens with two attached hydrogens (primary N) is 2. The van der Waals surface area contributed by atoms with E-state index in [1.807, 2.05) is 43.5 Å². The van der Waals surface area contributed by atoms with Crippen LogP contribution in [0.4, 0.5) is 11.8 Å². The van der Waals surface area contributed by atoms with Crippen LogP contribution in [0.3, 0.4) is 0 Å². The first-order valence-electron chi connectivity index (χ1n) is 9.73. The topological polar surface area (TPSA) is 146 Å². The zero-order chi connectivity index (χ0) is 22.6. The SMILES string of the molecule is CC(C)(C)n1c(N)nc2ccc(-c3cnc(N)c(S(=O)(=O)N(OC=O)C4CC4)c3)cc21. The second kappa shape index (κ2) is 7.20.